The number of nitrogens with two attached hydrogens (primary N) is 1. The van der Waals surface area contributed by atoms with Crippen LogP contribution in [0.3, 0.4) is 0 Å². The molecule has 0 bridgehead atoms. The zero-order valence-electron chi connectivity index (χ0n) is 11.9. The van der Waals surface area contributed by atoms with E-state index in [-0.39, 0.29) is 5.91 Å². The molecule has 104 valence electrons. The summed E-state index contributed by atoms with van der Waals surface area (Å²) < 4.78 is 0. The van der Waals surface area contributed by atoms with Gasteiger partial charge in [-0.2, -0.15) is 0 Å². The number of carbonyl (C=O) groups excluding carboxylic acids is 1. The topological polar surface area (TPSA) is 49.6 Å². The summed E-state index contributed by atoms with van der Waals surface area (Å²) in [4.78, 5) is 16.5. The molecule has 0 aromatic heterocycles. The highest BCUT2D eigenvalue weighted by Gasteiger charge is 2.35. The van der Waals surface area contributed by atoms with Crippen LogP contribution < -0.4 is 5.73 Å². The Morgan fingerprint density at radius 2 is 1.95 bits per heavy atom. The molecule has 4 nitrogen and oxygen atoms in total. The van der Waals surface area contributed by atoms with Gasteiger partial charge in [-0.15, -0.1) is 0 Å². The van der Waals surface area contributed by atoms with Crippen LogP contribution in [0, 0.1) is 5.92 Å². The molecule has 1 amide bonds. The molecule has 1 aromatic carbocycles. The number of nitrogens with zero attached hydrogens (tertiary/aromatic N) is 2. The Balaban J connectivity index is 2.05. The number of rotatable bonds is 3. The lowest BCUT2D eigenvalue weighted by Crippen LogP contribution is -2.39. The average Bonchev–Trinajstić information content (AvgIpc) is 2.80. The number of benzene rings is 1. The van der Waals surface area contributed by atoms with E-state index in [1.165, 1.54) is 0 Å². The highest BCUT2D eigenvalue weighted by molar-refractivity contribution is 5.83. The Morgan fingerprint density at radius 3 is 2.47 bits per heavy atom. The van der Waals surface area contributed by atoms with Crippen molar-refractivity contribution in [3.63, 3.8) is 0 Å². The third-order valence-corrected chi connectivity index (χ3v) is 3.97. The Bertz CT molecular complexity index is 432. The van der Waals surface area contributed by atoms with Gasteiger partial charge in [0.15, 0.2) is 0 Å². The molecule has 1 aliphatic heterocycles. The number of hydrogen-bond acceptors (Lipinski definition) is 3. The van der Waals surface area contributed by atoms with Crippen molar-refractivity contribution in [2.24, 2.45) is 11.7 Å². The standard InChI is InChI=1S/C15H23N3O/c1-11-9-18(10-13(11)17(2)3)15(19)14(16)12-7-5-4-6-8-12/h4-8,11,13-14H,9-10,16H2,1-3H3. The van der Waals surface area contributed by atoms with Crippen molar-refractivity contribution in [3.8, 4) is 0 Å². The van der Waals surface area contributed by atoms with E-state index in [2.05, 4.69) is 25.9 Å². The van der Waals surface area contributed by atoms with Gasteiger partial charge in [0, 0.05) is 19.1 Å². The largest absolute Gasteiger partial charge is 0.339 e. The van der Waals surface area contributed by atoms with Gasteiger partial charge in [-0.1, -0.05) is 37.3 Å². The monoisotopic (exact) mass is 261 g/mol. The summed E-state index contributed by atoms with van der Waals surface area (Å²) in [5.74, 6) is 0.518. The van der Waals surface area contributed by atoms with Crippen molar-refractivity contribution >= 4 is 5.91 Å². The highest BCUT2D eigenvalue weighted by atomic mass is 16.2. The fraction of sp³-hybridized carbons (Fsp3) is 0.533. The van der Waals surface area contributed by atoms with Crippen LogP contribution in [0.1, 0.15) is 18.5 Å². The van der Waals surface area contributed by atoms with E-state index in [1.807, 2.05) is 35.2 Å². The van der Waals surface area contributed by atoms with Crippen molar-refractivity contribution in [2.75, 3.05) is 27.2 Å². The molecule has 2 N–H and O–H groups in total. The predicted molar refractivity (Wildman–Crippen MR) is 76.6 cm³/mol. The van der Waals surface area contributed by atoms with Crippen LogP contribution in [0.4, 0.5) is 0 Å². The number of hydrogen-bond donors (Lipinski definition) is 1. The molecule has 0 saturated carbocycles. The Hall–Kier alpha value is -1.39. The first-order valence-electron chi connectivity index (χ1n) is 6.76. The molecule has 0 spiro atoms. The molecule has 1 saturated heterocycles. The molecule has 19 heavy (non-hydrogen) atoms. The molecule has 1 fully saturated rings. The minimum Gasteiger partial charge on any atom is -0.339 e. The number of amides is 1. The molecule has 1 aromatic rings. The zero-order valence-corrected chi connectivity index (χ0v) is 11.9. The average molecular weight is 261 g/mol. The Morgan fingerprint density at radius 1 is 1.32 bits per heavy atom. The summed E-state index contributed by atoms with van der Waals surface area (Å²) in [5, 5.41) is 0. The van der Waals surface area contributed by atoms with Gasteiger partial charge >= 0.3 is 0 Å². The van der Waals surface area contributed by atoms with Crippen molar-refractivity contribution in [3.05, 3.63) is 35.9 Å². The first-order chi connectivity index (χ1) is 9.00. The maximum Gasteiger partial charge on any atom is 0.244 e. The zero-order chi connectivity index (χ0) is 14.0. The van der Waals surface area contributed by atoms with Crippen LogP contribution in [-0.4, -0.2) is 48.9 Å². The van der Waals surface area contributed by atoms with Crippen LogP contribution in [0.15, 0.2) is 30.3 Å². The molecule has 3 atom stereocenters. The second kappa shape index (κ2) is 5.72. The second-order valence-corrected chi connectivity index (χ2v) is 5.64. The van der Waals surface area contributed by atoms with Gasteiger partial charge < -0.3 is 15.5 Å². The number of carbonyl (C=O) groups is 1. The molecule has 0 radical (unpaired) electrons. The van der Waals surface area contributed by atoms with Gasteiger partial charge in [-0.25, -0.2) is 0 Å². The molecule has 2 rings (SSSR count). The van der Waals surface area contributed by atoms with E-state index in [4.69, 9.17) is 5.73 Å². The van der Waals surface area contributed by atoms with Crippen LogP contribution in [0.25, 0.3) is 0 Å². The molecule has 1 heterocycles. The number of likely N-dealkylation sites (N-methyl/N-ethyl adjacent to an activating group) is 1. The summed E-state index contributed by atoms with van der Waals surface area (Å²) in [6.45, 7) is 3.75. The SMILES string of the molecule is CC1CN(C(=O)C(N)c2ccccc2)CC1N(C)C. The van der Waals surface area contributed by atoms with E-state index in [0.717, 1.165) is 18.7 Å². The smallest absolute Gasteiger partial charge is 0.244 e. The summed E-state index contributed by atoms with van der Waals surface area (Å²) in [6.07, 6.45) is 0. The lowest BCUT2D eigenvalue weighted by Gasteiger charge is -2.23. The third kappa shape index (κ3) is 2.96. The molecular weight excluding hydrogens is 238 g/mol. The summed E-state index contributed by atoms with van der Waals surface area (Å²) in [5.41, 5.74) is 6.96. The van der Waals surface area contributed by atoms with Crippen LogP contribution >= 0.6 is 0 Å². The van der Waals surface area contributed by atoms with Gasteiger partial charge in [0.05, 0.1) is 0 Å². The summed E-state index contributed by atoms with van der Waals surface area (Å²) in [6, 6.07) is 9.45. The fourth-order valence-corrected chi connectivity index (χ4v) is 2.80. The van der Waals surface area contributed by atoms with Crippen molar-refractivity contribution in [2.45, 2.75) is 19.0 Å². The van der Waals surface area contributed by atoms with Crippen molar-refractivity contribution in [1.82, 2.24) is 9.80 Å². The van der Waals surface area contributed by atoms with Crippen LogP contribution in [0.5, 0.6) is 0 Å². The van der Waals surface area contributed by atoms with E-state index < -0.39 is 6.04 Å². The highest BCUT2D eigenvalue weighted by Crippen LogP contribution is 2.23. The lowest BCUT2D eigenvalue weighted by molar-refractivity contribution is -0.131. The van der Waals surface area contributed by atoms with Gasteiger partial charge in [0.25, 0.3) is 0 Å². The van der Waals surface area contributed by atoms with E-state index in [1.54, 1.807) is 0 Å². The lowest BCUT2D eigenvalue weighted by atomic mass is 10.1. The van der Waals surface area contributed by atoms with Gasteiger partial charge in [0.1, 0.15) is 6.04 Å². The normalized spacial score (nSPS) is 24.8. The van der Waals surface area contributed by atoms with E-state index in [9.17, 15) is 4.79 Å². The maximum absolute atomic E-state index is 12.4. The molecule has 4 heteroatoms. The Labute approximate surface area is 115 Å². The minimum absolute atomic E-state index is 0.0300. The van der Waals surface area contributed by atoms with Gasteiger partial charge in [-0.3, -0.25) is 4.79 Å². The minimum atomic E-state index is -0.547. The fourth-order valence-electron chi connectivity index (χ4n) is 2.80. The van der Waals surface area contributed by atoms with Crippen LogP contribution in [0.2, 0.25) is 0 Å². The quantitative estimate of drug-likeness (QED) is 0.886. The Kier molecular flexibility index (Phi) is 4.22. The molecule has 3 unspecified atom stereocenters. The van der Waals surface area contributed by atoms with Gasteiger partial charge in [-0.05, 0) is 25.6 Å². The maximum atomic E-state index is 12.4. The first kappa shape index (κ1) is 14.0. The van der Waals surface area contributed by atoms with E-state index in [0.29, 0.717) is 12.0 Å². The number of likely N-dealkylation sites (tertiary alicyclic amines) is 1. The second-order valence-electron chi connectivity index (χ2n) is 5.64. The van der Waals surface area contributed by atoms with Gasteiger partial charge in [0.2, 0.25) is 5.91 Å². The van der Waals surface area contributed by atoms with Crippen molar-refractivity contribution in [1.29, 1.82) is 0 Å². The van der Waals surface area contributed by atoms with Crippen molar-refractivity contribution < 1.29 is 4.79 Å². The van der Waals surface area contributed by atoms with Crippen LogP contribution in [-0.2, 0) is 4.79 Å². The molecular formula is C15H23N3O. The summed E-state index contributed by atoms with van der Waals surface area (Å²) >= 11 is 0. The molecule has 1 aliphatic rings. The first-order valence-corrected chi connectivity index (χ1v) is 6.76. The third-order valence-electron chi connectivity index (χ3n) is 3.97. The van der Waals surface area contributed by atoms with E-state index >= 15 is 0 Å². The summed E-state index contributed by atoms with van der Waals surface area (Å²) in [7, 11) is 4.12. The molecule has 0 aliphatic carbocycles. The predicted octanol–water partition coefficient (Wildman–Crippen LogP) is 1.09.